The fourth-order valence-corrected chi connectivity index (χ4v) is 8.36. The van der Waals surface area contributed by atoms with Crippen LogP contribution in [0.5, 0.6) is 0 Å². The van der Waals surface area contributed by atoms with Gasteiger partial charge in [0.05, 0.1) is 0 Å². The van der Waals surface area contributed by atoms with Gasteiger partial charge in [0, 0.05) is 8.80 Å². The quantitative estimate of drug-likeness (QED) is 0.310. The Morgan fingerprint density at radius 3 is 2.15 bits per heavy atom. The van der Waals surface area contributed by atoms with E-state index < -0.39 is 11.6 Å². The summed E-state index contributed by atoms with van der Waals surface area (Å²) in [5, 5.41) is 0. The standard InChI is InChI=1S/C24H37F2Si/c1-2-3-4-5-19-6-8-20(9-7-19)12-15-27-16-13-21(14-17-27)22-10-11-23(25)24(26)18-22/h10-11,18-21H,2-9,12-17H2,1H3. The van der Waals surface area contributed by atoms with Gasteiger partial charge in [0.15, 0.2) is 11.6 Å². The van der Waals surface area contributed by atoms with Gasteiger partial charge in [-0.3, -0.25) is 0 Å². The second-order valence-corrected chi connectivity index (χ2v) is 12.1. The molecule has 0 amide bonds. The first-order valence-electron chi connectivity index (χ1n) is 11.4. The Hall–Kier alpha value is -0.703. The third kappa shape index (κ3) is 6.41. The Morgan fingerprint density at radius 2 is 1.52 bits per heavy atom. The van der Waals surface area contributed by atoms with Crippen LogP contribution in [0.1, 0.15) is 89.0 Å². The van der Waals surface area contributed by atoms with Crippen molar-refractivity contribution in [3.63, 3.8) is 0 Å². The number of benzene rings is 1. The van der Waals surface area contributed by atoms with E-state index in [4.69, 9.17) is 0 Å². The zero-order valence-corrected chi connectivity index (χ0v) is 18.1. The molecule has 0 nitrogen and oxygen atoms in total. The summed E-state index contributed by atoms with van der Waals surface area (Å²) in [4.78, 5) is 0. The lowest BCUT2D eigenvalue weighted by Gasteiger charge is -2.31. The van der Waals surface area contributed by atoms with Crippen LogP contribution in [0.2, 0.25) is 18.1 Å². The van der Waals surface area contributed by atoms with E-state index in [0.717, 1.165) is 17.4 Å². The summed E-state index contributed by atoms with van der Waals surface area (Å²) in [7, 11) is -0.203. The normalized spacial score (nSPS) is 25.0. The Morgan fingerprint density at radius 1 is 0.852 bits per heavy atom. The zero-order valence-electron chi connectivity index (χ0n) is 17.1. The second-order valence-electron chi connectivity index (χ2n) is 9.12. The molecule has 3 rings (SSSR count). The molecule has 2 aliphatic rings. The van der Waals surface area contributed by atoms with Crippen LogP contribution in [0.15, 0.2) is 18.2 Å². The van der Waals surface area contributed by atoms with Crippen molar-refractivity contribution in [2.45, 2.75) is 102 Å². The Bertz CT molecular complexity index is 557. The summed E-state index contributed by atoms with van der Waals surface area (Å²) in [5.74, 6) is 1.06. The van der Waals surface area contributed by atoms with Crippen molar-refractivity contribution in [2.75, 3.05) is 0 Å². The van der Waals surface area contributed by atoms with Crippen LogP contribution in [-0.2, 0) is 0 Å². The average molecular weight is 392 g/mol. The van der Waals surface area contributed by atoms with Gasteiger partial charge < -0.3 is 0 Å². The predicted octanol–water partition coefficient (Wildman–Crippen LogP) is 8.11. The minimum Gasteiger partial charge on any atom is -0.204 e. The molecule has 0 N–H and O–H groups in total. The Labute approximate surface area is 166 Å². The van der Waals surface area contributed by atoms with Crippen LogP contribution < -0.4 is 0 Å². The molecule has 1 aliphatic carbocycles. The van der Waals surface area contributed by atoms with E-state index in [1.54, 1.807) is 6.07 Å². The summed E-state index contributed by atoms with van der Waals surface area (Å²) in [6, 6.07) is 8.72. The van der Waals surface area contributed by atoms with Gasteiger partial charge in [-0.25, -0.2) is 8.78 Å². The second kappa shape index (κ2) is 10.7. The summed E-state index contributed by atoms with van der Waals surface area (Å²) < 4.78 is 26.6. The molecular formula is C24H37F2Si. The molecule has 1 heterocycles. The van der Waals surface area contributed by atoms with E-state index in [0.29, 0.717) is 5.92 Å². The Kier molecular flexibility index (Phi) is 8.36. The summed E-state index contributed by atoms with van der Waals surface area (Å²) >= 11 is 0. The molecular weight excluding hydrogens is 354 g/mol. The van der Waals surface area contributed by atoms with Crippen LogP contribution in [-0.4, -0.2) is 8.80 Å². The fourth-order valence-electron chi connectivity index (χ4n) is 5.28. The lowest BCUT2D eigenvalue weighted by Crippen LogP contribution is -2.22. The van der Waals surface area contributed by atoms with Crippen molar-refractivity contribution < 1.29 is 8.78 Å². The molecule has 1 saturated heterocycles. The first-order chi connectivity index (χ1) is 13.2. The third-order valence-electron chi connectivity index (χ3n) is 7.20. The molecule has 0 unspecified atom stereocenters. The molecule has 1 radical (unpaired) electrons. The van der Waals surface area contributed by atoms with E-state index in [1.807, 2.05) is 0 Å². The summed E-state index contributed by atoms with van der Waals surface area (Å²) in [6.07, 6.45) is 15.4. The number of hydrogen-bond acceptors (Lipinski definition) is 0. The molecule has 2 fully saturated rings. The van der Waals surface area contributed by atoms with Crippen molar-refractivity contribution >= 4 is 8.80 Å². The lowest BCUT2D eigenvalue weighted by atomic mass is 9.79. The first-order valence-corrected chi connectivity index (χ1v) is 13.6. The van der Waals surface area contributed by atoms with E-state index in [-0.39, 0.29) is 8.80 Å². The number of halogens is 2. The predicted molar refractivity (Wildman–Crippen MR) is 113 cm³/mol. The van der Waals surface area contributed by atoms with Crippen LogP contribution in [0.4, 0.5) is 8.78 Å². The number of unbranched alkanes of at least 4 members (excludes halogenated alkanes) is 2. The summed E-state index contributed by atoms with van der Waals surface area (Å²) in [5.41, 5.74) is 1.01. The van der Waals surface area contributed by atoms with Crippen molar-refractivity contribution in [1.82, 2.24) is 0 Å². The highest BCUT2D eigenvalue weighted by Gasteiger charge is 2.26. The van der Waals surface area contributed by atoms with E-state index in [9.17, 15) is 8.78 Å². The van der Waals surface area contributed by atoms with Crippen LogP contribution >= 0.6 is 0 Å². The molecule has 1 aromatic carbocycles. The number of hydrogen-bond donors (Lipinski definition) is 0. The van der Waals surface area contributed by atoms with Crippen molar-refractivity contribution in [1.29, 1.82) is 0 Å². The van der Waals surface area contributed by atoms with Crippen LogP contribution in [0.3, 0.4) is 0 Å². The lowest BCUT2D eigenvalue weighted by molar-refractivity contribution is 0.253. The highest BCUT2D eigenvalue weighted by atomic mass is 28.3. The molecule has 0 bridgehead atoms. The van der Waals surface area contributed by atoms with Gasteiger partial charge in [-0.2, -0.15) is 0 Å². The molecule has 27 heavy (non-hydrogen) atoms. The zero-order chi connectivity index (χ0) is 19.1. The van der Waals surface area contributed by atoms with Crippen molar-refractivity contribution in [2.24, 2.45) is 11.8 Å². The molecule has 1 aliphatic heterocycles. The smallest absolute Gasteiger partial charge is 0.159 e. The van der Waals surface area contributed by atoms with Crippen molar-refractivity contribution in [3.05, 3.63) is 35.4 Å². The molecule has 151 valence electrons. The van der Waals surface area contributed by atoms with E-state index in [1.165, 1.54) is 101 Å². The highest BCUT2D eigenvalue weighted by Crippen LogP contribution is 2.38. The monoisotopic (exact) mass is 391 g/mol. The Balaban J connectivity index is 1.32. The van der Waals surface area contributed by atoms with Gasteiger partial charge in [0.2, 0.25) is 0 Å². The number of rotatable bonds is 8. The molecule has 0 atom stereocenters. The SMILES string of the molecule is CCCCCC1CCC(CC[Si]2CCC(c3ccc(F)c(F)c3)CC2)CC1. The van der Waals surface area contributed by atoms with Gasteiger partial charge in [0.25, 0.3) is 0 Å². The molecule has 3 heteroatoms. The molecule has 1 aromatic rings. The maximum atomic E-state index is 13.5. The minimum absolute atomic E-state index is 0.203. The fraction of sp³-hybridized carbons (Fsp3) is 0.750. The largest absolute Gasteiger partial charge is 0.204 e. The van der Waals surface area contributed by atoms with Gasteiger partial charge in [0.1, 0.15) is 0 Å². The average Bonchev–Trinajstić information content (AvgIpc) is 2.70. The van der Waals surface area contributed by atoms with Gasteiger partial charge >= 0.3 is 0 Å². The first kappa shape index (κ1) is 21.0. The third-order valence-corrected chi connectivity index (χ3v) is 10.2. The summed E-state index contributed by atoms with van der Waals surface area (Å²) in [6.45, 7) is 2.30. The van der Waals surface area contributed by atoms with Gasteiger partial charge in [-0.05, 0) is 48.3 Å². The molecule has 0 spiro atoms. The topological polar surface area (TPSA) is 0 Å². The van der Waals surface area contributed by atoms with Crippen LogP contribution in [0.25, 0.3) is 0 Å². The van der Waals surface area contributed by atoms with Crippen LogP contribution in [0, 0.1) is 23.5 Å². The van der Waals surface area contributed by atoms with E-state index >= 15 is 0 Å². The molecule has 1 saturated carbocycles. The van der Waals surface area contributed by atoms with Gasteiger partial charge in [-0.1, -0.05) is 88.9 Å². The van der Waals surface area contributed by atoms with E-state index in [2.05, 4.69) is 6.92 Å². The molecule has 0 aromatic heterocycles. The minimum atomic E-state index is -0.723. The maximum absolute atomic E-state index is 13.5. The maximum Gasteiger partial charge on any atom is 0.159 e. The highest BCUT2D eigenvalue weighted by molar-refractivity contribution is 6.59. The van der Waals surface area contributed by atoms with Gasteiger partial charge in [-0.15, -0.1) is 0 Å². The van der Waals surface area contributed by atoms with Crippen molar-refractivity contribution in [3.8, 4) is 0 Å².